The van der Waals surface area contributed by atoms with Gasteiger partial charge in [0.05, 0.1) is 17.8 Å². The molecule has 0 amide bonds. The van der Waals surface area contributed by atoms with Gasteiger partial charge in [-0.15, -0.1) is 10.2 Å². The third-order valence-electron chi connectivity index (χ3n) is 2.58. The van der Waals surface area contributed by atoms with Crippen molar-refractivity contribution in [2.45, 2.75) is 33.2 Å². The van der Waals surface area contributed by atoms with E-state index >= 15 is 0 Å². The van der Waals surface area contributed by atoms with Crippen LogP contribution in [0.2, 0.25) is 0 Å². The van der Waals surface area contributed by atoms with Gasteiger partial charge in [-0.1, -0.05) is 30.3 Å². The quantitative estimate of drug-likeness (QED) is 0.886. The molecule has 0 saturated carbocycles. The lowest BCUT2D eigenvalue weighted by atomic mass is 10.2. The Morgan fingerprint density at radius 3 is 2.82 bits per heavy atom. The standard InChI is InChI=1S/C11H16N4OS/c1-4-9(12-5-2)11-15-14-10(17-11)8-6-13-16-7(8)3/h6,9,12H,4-5H2,1-3H3. The number of nitrogens with one attached hydrogen (secondary N) is 1. The number of rotatable bonds is 5. The molecule has 0 spiro atoms. The maximum absolute atomic E-state index is 5.04. The Morgan fingerprint density at radius 2 is 2.24 bits per heavy atom. The van der Waals surface area contributed by atoms with Crippen molar-refractivity contribution in [2.24, 2.45) is 0 Å². The van der Waals surface area contributed by atoms with Crippen molar-refractivity contribution in [1.82, 2.24) is 20.7 Å². The molecule has 6 heteroatoms. The van der Waals surface area contributed by atoms with Gasteiger partial charge in [-0.3, -0.25) is 0 Å². The highest BCUT2D eigenvalue weighted by molar-refractivity contribution is 7.14. The summed E-state index contributed by atoms with van der Waals surface area (Å²) >= 11 is 1.59. The zero-order valence-electron chi connectivity index (χ0n) is 10.2. The second-order valence-electron chi connectivity index (χ2n) is 3.76. The van der Waals surface area contributed by atoms with E-state index in [1.807, 2.05) is 6.92 Å². The number of hydrogen-bond donors (Lipinski definition) is 1. The summed E-state index contributed by atoms with van der Waals surface area (Å²) in [5.74, 6) is 0.782. The number of aryl methyl sites for hydroxylation is 1. The number of nitrogens with zero attached hydrogens (tertiary/aromatic N) is 3. The molecule has 2 aromatic rings. The molecule has 0 aliphatic rings. The topological polar surface area (TPSA) is 63.8 Å². The summed E-state index contributed by atoms with van der Waals surface area (Å²) in [6.07, 6.45) is 2.69. The van der Waals surface area contributed by atoms with Crippen LogP contribution in [0, 0.1) is 6.92 Å². The van der Waals surface area contributed by atoms with Gasteiger partial charge in [0.1, 0.15) is 10.8 Å². The first kappa shape index (κ1) is 12.2. The van der Waals surface area contributed by atoms with Crippen LogP contribution in [-0.4, -0.2) is 21.9 Å². The van der Waals surface area contributed by atoms with Crippen LogP contribution in [0.5, 0.6) is 0 Å². The third-order valence-corrected chi connectivity index (χ3v) is 3.65. The fraction of sp³-hybridized carbons (Fsp3) is 0.545. The van der Waals surface area contributed by atoms with Gasteiger partial charge in [-0.25, -0.2) is 0 Å². The predicted molar refractivity (Wildman–Crippen MR) is 66.9 cm³/mol. The van der Waals surface area contributed by atoms with Crippen LogP contribution < -0.4 is 5.32 Å². The molecular weight excluding hydrogens is 236 g/mol. The molecule has 1 atom stereocenters. The van der Waals surface area contributed by atoms with Crippen molar-refractivity contribution < 1.29 is 4.52 Å². The van der Waals surface area contributed by atoms with E-state index in [0.717, 1.165) is 34.3 Å². The highest BCUT2D eigenvalue weighted by atomic mass is 32.1. The van der Waals surface area contributed by atoms with Gasteiger partial charge >= 0.3 is 0 Å². The summed E-state index contributed by atoms with van der Waals surface area (Å²) in [5, 5.41) is 17.5. The van der Waals surface area contributed by atoms with Gasteiger partial charge in [-0.2, -0.15) is 0 Å². The zero-order valence-corrected chi connectivity index (χ0v) is 11.0. The van der Waals surface area contributed by atoms with Crippen molar-refractivity contribution in [2.75, 3.05) is 6.54 Å². The summed E-state index contributed by atoms with van der Waals surface area (Å²) in [7, 11) is 0. The highest BCUT2D eigenvalue weighted by Gasteiger charge is 2.17. The minimum Gasteiger partial charge on any atom is -0.361 e. The second kappa shape index (κ2) is 5.37. The Bertz CT molecular complexity index is 479. The molecule has 0 aromatic carbocycles. The Balaban J connectivity index is 2.24. The lowest BCUT2D eigenvalue weighted by Gasteiger charge is -2.10. The van der Waals surface area contributed by atoms with Crippen LogP contribution in [-0.2, 0) is 0 Å². The van der Waals surface area contributed by atoms with Crippen LogP contribution in [0.3, 0.4) is 0 Å². The molecule has 0 fully saturated rings. The van der Waals surface area contributed by atoms with E-state index in [0.29, 0.717) is 0 Å². The first-order valence-electron chi connectivity index (χ1n) is 5.74. The van der Waals surface area contributed by atoms with E-state index in [1.54, 1.807) is 17.5 Å². The van der Waals surface area contributed by atoms with Crippen molar-refractivity contribution >= 4 is 11.3 Å². The largest absolute Gasteiger partial charge is 0.361 e. The van der Waals surface area contributed by atoms with E-state index < -0.39 is 0 Å². The van der Waals surface area contributed by atoms with Crippen LogP contribution >= 0.6 is 11.3 Å². The molecule has 2 rings (SSSR count). The first-order valence-corrected chi connectivity index (χ1v) is 6.56. The Morgan fingerprint density at radius 1 is 1.41 bits per heavy atom. The molecule has 0 aliphatic carbocycles. The highest BCUT2D eigenvalue weighted by Crippen LogP contribution is 2.29. The van der Waals surface area contributed by atoms with Crippen LogP contribution in [0.4, 0.5) is 0 Å². The van der Waals surface area contributed by atoms with Crippen LogP contribution in [0.15, 0.2) is 10.7 Å². The van der Waals surface area contributed by atoms with Crippen molar-refractivity contribution in [1.29, 1.82) is 0 Å². The maximum Gasteiger partial charge on any atom is 0.153 e. The lowest BCUT2D eigenvalue weighted by molar-refractivity contribution is 0.398. The fourth-order valence-corrected chi connectivity index (χ4v) is 2.70. The lowest BCUT2D eigenvalue weighted by Crippen LogP contribution is -2.19. The van der Waals surface area contributed by atoms with E-state index in [1.165, 1.54) is 0 Å². The molecule has 1 N–H and O–H groups in total. The third kappa shape index (κ3) is 2.53. The van der Waals surface area contributed by atoms with Gasteiger partial charge in [0.25, 0.3) is 0 Å². The molecule has 0 aliphatic heterocycles. The van der Waals surface area contributed by atoms with E-state index in [9.17, 15) is 0 Å². The second-order valence-corrected chi connectivity index (χ2v) is 4.77. The molecule has 17 heavy (non-hydrogen) atoms. The Kier molecular flexibility index (Phi) is 3.86. The van der Waals surface area contributed by atoms with Crippen LogP contribution in [0.1, 0.15) is 37.1 Å². The SMILES string of the molecule is CCNC(CC)c1nnc(-c2cnoc2C)s1. The minimum absolute atomic E-state index is 0.284. The molecule has 0 bridgehead atoms. The monoisotopic (exact) mass is 252 g/mol. The van der Waals surface area contributed by atoms with Crippen molar-refractivity contribution in [3.63, 3.8) is 0 Å². The molecule has 92 valence electrons. The predicted octanol–water partition coefficient (Wildman–Crippen LogP) is 2.56. The van der Waals surface area contributed by atoms with Gasteiger partial charge in [0.2, 0.25) is 0 Å². The normalized spacial score (nSPS) is 12.9. The fourth-order valence-electron chi connectivity index (χ4n) is 1.64. The summed E-state index contributed by atoms with van der Waals surface area (Å²) < 4.78 is 5.04. The summed E-state index contributed by atoms with van der Waals surface area (Å²) in [4.78, 5) is 0. The van der Waals surface area contributed by atoms with Gasteiger partial charge in [0.15, 0.2) is 5.01 Å². The summed E-state index contributed by atoms with van der Waals surface area (Å²) in [6, 6.07) is 0.284. The van der Waals surface area contributed by atoms with E-state index in [2.05, 4.69) is 34.5 Å². The summed E-state index contributed by atoms with van der Waals surface area (Å²) in [5.41, 5.74) is 0.931. The zero-order chi connectivity index (χ0) is 12.3. The van der Waals surface area contributed by atoms with Gasteiger partial charge in [0, 0.05) is 0 Å². The van der Waals surface area contributed by atoms with E-state index in [-0.39, 0.29) is 6.04 Å². The maximum atomic E-state index is 5.04. The molecule has 1 unspecified atom stereocenters. The molecule has 5 nitrogen and oxygen atoms in total. The van der Waals surface area contributed by atoms with Gasteiger partial charge < -0.3 is 9.84 Å². The van der Waals surface area contributed by atoms with Crippen molar-refractivity contribution in [3.8, 4) is 10.6 Å². The van der Waals surface area contributed by atoms with Gasteiger partial charge in [-0.05, 0) is 19.9 Å². The summed E-state index contributed by atoms with van der Waals surface area (Å²) in [6.45, 7) is 7.04. The molecule has 2 heterocycles. The van der Waals surface area contributed by atoms with E-state index in [4.69, 9.17) is 4.52 Å². The molecule has 0 radical (unpaired) electrons. The average Bonchev–Trinajstić information content (AvgIpc) is 2.94. The minimum atomic E-state index is 0.284. The average molecular weight is 252 g/mol. The smallest absolute Gasteiger partial charge is 0.153 e. The number of hydrogen-bond acceptors (Lipinski definition) is 6. The Labute approximate surface area is 104 Å². The van der Waals surface area contributed by atoms with Crippen molar-refractivity contribution in [3.05, 3.63) is 17.0 Å². The van der Waals surface area contributed by atoms with Crippen LogP contribution in [0.25, 0.3) is 10.6 Å². The molecule has 0 saturated heterocycles. The molecule has 2 aromatic heterocycles. The first-order chi connectivity index (χ1) is 8.26. The molecular formula is C11H16N4OS. The Hall–Kier alpha value is -1.27. The number of aromatic nitrogens is 3.